The molecule has 0 radical (unpaired) electrons. The highest BCUT2D eigenvalue weighted by Crippen LogP contribution is 2.50. The van der Waals surface area contributed by atoms with Crippen molar-refractivity contribution in [3.8, 4) is 5.75 Å². The number of methoxy groups -OCH3 is 1. The molecule has 1 amide bonds. The first kappa shape index (κ1) is 15.9. The van der Waals surface area contributed by atoms with Crippen LogP contribution < -0.4 is 10.1 Å². The Bertz CT molecular complexity index is 696. The third kappa shape index (κ3) is 2.94. The lowest BCUT2D eigenvalue weighted by Crippen LogP contribution is -2.36. The number of hydrogen-bond donors (Lipinski definition) is 2. The third-order valence-corrected chi connectivity index (χ3v) is 5.27. The van der Waals surface area contributed by atoms with E-state index in [0.29, 0.717) is 0 Å². The number of carbonyl (C=O) groups is 1. The van der Waals surface area contributed by atoms with E-state index in [2.05, 4.69) is 42.5 Å². The lowest BCUT2D eigenvalue weighted by Gasteiger charge is -2.19. The summed E-state index contributed by atoms with van der Waals surface area (Å²) >= 11 is 0. The van der Waals surface area contributed by atoms with Gasteiger partial charge >= 0.3 is 0 Å². The van der Waals surface area contributed by atoms with Gasteiger partial charge in [0.05, 0.1) is 7.11 Å². The average Bonchev–Trinajstić information content (AvgIpc) is 3.24. The Morgan fingerprint density at radius 2 is 2.09 bits per heavy atom. The summed E-state index contributed by atoms with van der Waals surface area (Å²) in [6.07, 6.45) is 6.15. The number of nitrogens with one attached hydrogen (secondary N) is 2. The van der Waals surface area contributed by atoms with Crippen molar-refractivity contribution in [3.05, 3.63) is 30.0 Å². The summed E-state index contributed by atoms with van der Waals surface area (Å²) in [5.41, 5.74) is 2.52. The van der Waals surface area contributed by atoms with Crippen LogP contribution in [0.1, 0.15) is 45.1 Å². The van der Waals surface area contributed by atoms with E-state index in [4.69, 9.17) is 4.74 Å². The molecule has 0 unspecified atom stereocenters. The van der Waals surface area contributed by atoms with E-state index in [1.807, 2.05) is 6.07 Å². The van der Waals surface area contributed by atoms with Gasteiger partial charge in [0.25, 0.3) is 0 Å². The summed E-state index contributed by atoms with van der Waals surface area (Å²) in [6, 6.07) is 6.11. The van der Waals surface area contributed by atoms with Gasteiger partial charge in [0.1, 0.15) is 5.75 Å². The molecule has 1 heterocycles. The Balaban J connectivity index is 1.79. The van der Waals surface area contributed by atoms with Gasteiger partial charge in [-0.05, 0) is 49.4 Å². The minimum atomic E-state index is 0.0896. The molecule has 0 saturated heterocycles. The van der Waals surface area contributed by atoms with Gasteiger partial charge < -0.3 is 15.0 Å². The molecular weight excluding hydrogens is 288 g/mol. The van der Waals surface area contributed by atoms with Crippen molar-refractivity contribution in [3.63, 3.8) is 0 Å². The topological polar surface area (TPSA) is 54.1 Å². The summed E-state index contributed by atoms with van der Waals surface area (Å²) in [4.78, 5) is 15.6. The molecule has 1 aromatic carbocycles. The Kier molecular flexibility index (Phi) is 4.33. The first-order valence-corrected chi connectivity index (χ1v) is 8.57. The second kappa shape index (κ2) is 6.26. The number of aromatic amines is 1. The Hall–Kier alpha value is -1.97. The van der Waals surface area contributed by atoms with Crippen molar-refractivity contribution in [1.29, 1.82) is 0 Å². The normalized spacial score (nSPS) is 15.8. The second-order valence-corrected chi connectivity index (χ2v) is 6.63. The van der Waals surface area contributed by atoms with E-state index in [1.54, 1.807) is 7.11 Å². The predicted octanol–water partition coefficient (Wildman–Crippen LogP) is 3.76. The lowest BCUT2D eigenvalue weighted by atomic mass is 9.94. The zero-order valence-corrected chi connectivity index (χ0v) is 14.2. The van der Waals surface area contributed by atoms with E-state index in [9.17, 15) is 4.79 Å². The fourth-order valence-electron chi connectivity index (χ4n) is 3.42. The molecule has 1 aliphatic carbocycles. The van der Waals surface area contributed by atoms with Crippen molar-refractivity contribution >= 4 is 16.8 Å². The van der Waals surface area contributed by atoms with Gasteiger partial charge in [-0.1, -0.05) is 13.8 Å². The van der Waals surface area contributed by atoms with E-state index >= 15 is 0 Å². The van der Waals surface area contributed by atoms with Crippen LogP contribution in [0.15, 0.2) is 24.4 Å². The molecule has 1 aromatic heterocycles. The number of carbonyl (C=O) groups excluding carboxylic acids is 1. The highest BCUT2D eigenvalue weighted by molar-refractivity contribution is 5.86. The molecule has 1 aliphatic rings. The molecule has 124 valence electrons. The first-order chi connectivity index (χ1) is 11.1. The van der Waals surface area contributed by atoms with Gasteiger partial charge in [-0.2, -0.15) is 0 Å². The Morgan fingerprint density at radius 3 is 2.70 bits per heavy atom. The molecule has 2 N–H and O–H groups in total. The highest BCUT2D eigenvalue weighted by atomic mass is 16.5. The van der Waals surface area contributed by atoms with Crippen LogP contribution in [0.4, 0.5) is 0 Å². The molecule has 23 heavy (non-hydrogen) atoms. The summed E-state index contributed by atoms with van der Waals surface area (Å²) in [6.45, 7) is 4.88. The molecule has 4 nitrogen and oxygen atoms in total. The second-order valence-electron chi connectivity index (χ2n) is 6.63. The first-order valence-electron chi connectivity index (χ1n) is 8.57. The van der Waals surface area contributed by atoms with Gasteiger partial charge in [-0.15, -0.1) is 0 Å². The van der Waals surface area contributed by atoms with Crippen LogP contribution in [0.5, 0.6) is 5.75 Å². The average molecular weight is 314 g/mol. The Morgan fingerprint density at radius 1 is 1.35 bits per heavy atom. The quantitative estimate of drug-likeness (QED) is 0.817. The van der Waals surface area contributed by atoms with Crippen molar-refractivity contribution in [2.75, 3.05) is 13.7 Å². The minimum absolute atomic E-state index is 0.0896. The summed E-state index contributed by atoms with van der Waals surface area (Å²) < 4.78 is 5.35. The molecule has 2 aromatic rings. The molecule has 0 atom stereocenters. The molecular formula is C19H26N2O2. The fraction of sp³-hybridized carbons (Fsp3) is 0.526. The van der Waals surface area contributed by atoms with Gasteiger partial charge in [0.15, 0.2) is 0 Å². The fourth-order valence-corrected chi connectivity index (χ4v) is 3.42. The molecule has 0 spiro atoms. The minimum Gasteiger partial charge on any atom is -0.497 e. The Labute approximate surface area is 137 Å². The zero-order valence-electron chi connectivity index (χ0n) is 14.2. The predicted molar refractivity (Wildman–Crippen MR) is 92.8 cm³/mol. The molecule has 1 fully saturated rings. The summed E-state index contributed by atoms with van der Waals surface area (Å²) in [5.74, 6) is 1.20. The van der Waals surface area contributed by atoms with Crippen LogP contribution in [-0.4, -0.2) is 24.5 Å². The number of fused-ring (bicyclic) bond motifs is 1. The van der Waals surface area contributed by atoms with Crippen molar-refractivity contribution < 1.29 is 9.53 Å². The maximum atomic E-state index is 12.3. The molecule has 0 aliphatic heterocycles. The van der Waals surface area contributed by atoms with Crippen LogP contribution in [0, 0.1) is 5.92 Å². The third-order valence-electron chi connectivity index (χ3n) is 5.27. The van der Waals surface area contributed by atoms with Gasteiger partial charge in [0, 0.05) is 35.0 Å². The summed E-state index contributed by atoms with van der Waals surface area (Å²) in [7, 11) is 1.69. The number of H-pyrrole nitrogens is 1. The van der Waals surface area contributed by atoms with Crippen LogP contribution in [0.3, 0.4) is 0 Å². The largest absolute Gasteiger partial charge is 0.497 e. The number of aromatic nitrogens is 1. The maximum absolute atomic E-state index is 12.3. The van der Waals surface area contributed by atoms with Crippen LogP contribution in [0.2, 0.25) is 0 Å². The van der Waals surface area contributed by atoms with Crippen molar-refractivity contribution in [2.45, 2.75) is 44.9 Å². The SMILES string of the molecule is CCC(CC)C(=O)NCC1(c2c[nH]c3ccc(OC)cc23)CC1. The van der Waals surface area contributed by atoms with E-state index in [1.165, 1.54) is 10.9 Å². The monoisotopic (exact) mass is 314 g/mol. The van der Waals surface area contributed by atoms with Gasteiger partial charge in [0.2, 0.25) is 5.91 Å². The zero-order chi connectivity index (χ0) is 16.4. The van der Waals surface area contributed by atoms with Crippen LogP contribution in [-0.2, 0) is 10.2 Å². The smallest absolute Gasteiger partial charge is 0.223 e. The summed E-state index contributed by atoms with van der Waals surface area (Å²) in [5, 5.41) is 4.39. The number of benzene rings is 1. The van der Waals surface area contributed by atoms with Crippen molar-refractivity contribution in [1.82, 2.24) is 10.3 Å². The van der Waals surface area contributed by atoms with Crippen molar-refractivity contribution in [2.24, 2.45) is 5.92 Å². The number of rotatable bonds is 7. The number of hydrogen-bond acceptors (Lipinski definition) is 2. The number of amides is 1. The van der Waals surface area contributed by atoms with Crippen LogP contribution >= 0.6 is 0 Å². The van der Waals surface area contributed by atoms with Gasteiger partial charge in [-0.25, -0.2) is 0 Å². The lowest BCUT2D eigenvalue weighted by molar-refractivity contribution is -0.125. The van der Waals surface area contributed by atoms with E-state index in [0.717, 1.165) is 43.5 Å². The molecule has 1 saturated carbocycles. The highest BCUT2D eigenvalue weighted by Gasteiger charge is 2.46. The van der Waals surface area contributed by atoms with Gasteiger partial charge in [-0.3, -0.25) is 4.79 Å². The van der Waals surface area contributed by atoms with Crippen LogP contribution in [0.25, 0.3) is 10.9 Å². The molecule has 3 rings (SSSR count). The molecule has 0 bridgehead atoms. The van der Waals surface area contributed by atoms with E-state index < -0.39 is 0 Å². The maximum Gasteiger partial charge on any atom is 0.223 e. The molecule has 4 heteroatoms. The van der Waals surface area contributed by atoms with E-state index in [-0.39, 0.29) is 17.2 Å². The number of ether oxygens (including phenoxy) is 1. The standard InChI is InChI=1S/C19H26N2O2/c1-4-13(5-2)18(22)21-12-19(8-9-19)16-11-20-17-7-6-14(23-3)10-15(16)17/h6-7,10-11,13,20H,4-5,8-9,12H2,1-3H3,(H,21,22).